The molecule has 0 amide bonds. The summed E-state index contributed by atoms with van der Waals surface area (Å²) < 4.78 is 54.9. The molecule has 0 saturated carbocycles. The maximum atomic E-state index is 13.1. The van der Waals surface area contributed by atoms with Crippen LogP contribution < -0.4 is 0 Å². The lowest BCUT2D eigenvalue weighted by molar-refractivity contribution is -0.146. The number of aromatic amines is 1. The summed E-state index contributed by atoms with van der Waals surface area (Å²) in [4.78, 5) is 12.1. The molecule has 0 aliphatic heterocycles. The molecule has 0 radical (unpaired) electrons. The maximum Gasteiger partial charge on any atom is 0.455 e. The van der Waals surface area contributed by atoms with Gasteiger partial charge in [0.05, 0.1) is 24.1 Å². The van der Waals surface area contributed by atoms with Crippen molar-refractivity contribution in [1.29, 1.82) is 0 Å². The number of benzene rings is 1. The number of H-pyrrole nitrogens is 1. The van der Waals surface area contributed by atoms with Crippen molar-refractivity contribution in [3.05, 3.63) is 41.6 Å². The van der Waals surface area contributed by atoms with Gasteiger partial charge in [0.1, 0.15) is 11.6 Å². The molecule has 0 fully saturated rings. The van der Waals surface area contributed by atoms with E-state index < -0.39 is 12.0 Å². The molecule has 2 aromatic heterocycles. The van der Waals surface area contributed by atoms with Crippen LogP contribution in [0.15, 0.2) is 22.7 Å². The third-order valence-electron chi connectivity index (χ3n) is 3.04. The fourth-order valence-electron chi connectivity index (χ4n) is 2.09. The van der Waals surface area contributed by atoms with Gasteiger partial charge in [0.2, 0.25) is 5.89 Å². The highest BCUT2D eigenvalue weighted by Gasteiger charge is 2.37. The Morgan fingerprint density at radius 1 is 1.22 bits per heavy atom. The van der Waals surface area contributed by atoms with Gasteiger partial charge in [-0.25, -0.2) is 9.37 Å². The van der Waals surface area contributed by atoms with Gasteiger partial charge >= 0.3 is 6.18 Å². The molecule has 0 atom stereocenters. The number of rotatable bonds is 4. The summed E-state index contributed by atoms with van der Waals surface area (Å²) in [5.41, 5.74) is 1.15. The van der Waals surface area contributed by atoms with E-state index in [1.807, 2.05) is 0 Å². The molecule has 0 bridgehead atoms. The first-order chi connectivity index (χ1) is 10.8. The van der Waals surface area contributed by atoms with Crippen molar-refractivity contribution in [2.75, 3.05) is 7.05 Å². The van der Waals surface area contributed by atoms with E-state index in [1.165, 1.54) is 18.2 Å². The molecule has 3 aromatic rings. The zero-order chi connectivity index (χ0) is 16.6. The SMILES string of the molecule is CN(Cc1nc2ccc(F)cc2[nH]1)Cc1nc(C(F)(F)F)no1. The van der Waals surface area contributed by atoms with Crippen LogP contribution in [0.2, 0.25) is 0 Å². The van der Waals surface area contributed by atoms with E-state index in [-0.39, 0.29) is 18.3 Å². The summed E-state index contributed by atoms with van der Waals surface area (Å²) in [5, 5.41) is 2.89. The van der Waals surface area contributed by atoms with Gasteiger partial charge in [0.15, 0.2) is 0 Å². The fraction of sp³-hybridized carbons (Fsp3) is 0.308. The number of halogens is 4. The van der Waals surface area contributed by atoms with Gasteiger partial charge in [0, 0.05) is 0 Å². The first kappa shape index (κ1) is 15.4. The molecule has 0 spiro atoms. The molecule has 122 valence electrons. The van der Waals surface area contributed by atoms with E-state index >= 15 is 0 Å². The van der Waals surface area contributed by atoms with Crippen LogP contribution in [0.3, 0.4) is 0 Å². The van der Waals surface area contributed by atoms with Crippen LogP contribution in [0, 0.1) is 5.82 Å². The first-order valence-electron chi connectivity index (χ1n) is 6.54. The second-order valence-corrected chi connectivity index (χ2v) is 5.03. The van der Waals surface area contributed by atoms with Crippen LogP contribution in [0.25, 0.3) is 11.0 Å². The molecule has 0 aliphatic rings. The molecule has 0 unspecified atom stereocenters. The second kappa shape index (κ2) is 5.61. The van der Waals surface area contributed by atoms with Crippen molar-refractivity contribution in [3.63, 3.8) is 0 Å². The lowest BCUT2D eigenvalue weighted by atomic mass is 10.3. The molecule has 2 heterocycles. The Labute approximate surface area is 127 Å². The summed E-state index contributed by atoms with van der Waals surface area (Å²) in [6.45, 7) is 0.314. The molecule has 10 heteroatoms. The third-order valence-corrected chi connectivity index (χ3v) is 3.04. The average Bonchev–Trinajstić information content (AvgIpc) is 3.03. The molecule has 1 aromatic carbocycles. The predicted octanol–water partition coefficient (Wildman–Crippen LogP) is 2.74. The van der Waals surface area contributed by atoms with Gasteiger partial charge in [0.25, 0.3) is 5.82 Å². The van der Waals surface area contributed by atoms with Crippen molar-refractivity contribution in [1.82, 2.24) is 25.0 Å². The Balaban J connectivity index is 1.68. The highest BCUT2D eigenvalue weighted by Crippen LogP contribution is 2.26. The van der Waals surface area contributed by atoms with Crippen LogP contribution in [0.4, 0.5) is 17.6 Å². The van der Waals surface area contributed by atoms with Crippen LogP contribution in [-0.2, 0) is 19.3 Å². The van der Waals surface area contributed by atoms with E-state index in [4.69, 9.17) is 0 Å². The van der Waals surface area contributed by atoms with Crippen molar-refractivity contribution in [2.24, 2.45) is 0 Å². The highest BCUT2D eigenvalue weighted by atomic mass is 19.4. The number of fused-ring (bicyclic) bond motifs is 1. The minimum atomic E-state index is -4.64. The van der Waals surface area contributed by atoms with Crippen molar-refractivity contribution >= 4 is 11.0 Å². The van der Waals surface area contributed by atoms with E-state index in [0.717, 1.165) is 0 Å². The van der Waals surface area contributed by atoms with Gasteiger partial charge in [-0.1, -0.05) is 5.16 Å². The second-order valence-electron chi connectivity index (χ2n) is 5.03. The molecule has 23 heavy (non-hydrogen) atoms. The van der Waals surface area contributed by atoms with E-state index in [1.54, 1.807) is 11.9 Å². The van der Waals surface area contributed by atoms with Gasteiger partial charge < -0.3 is 9.51 Å². The number of aromatic nitrogens is 4. The quantitative estimate of drug-likeness (QED) is 0.745. The van der Waals surface area contributed by atoms with Gasteiger partial charge in [-0.3, -0.25) is 4.90 Å². The zero-order valence-electron chi connectivity index (χ0n) is 11.9. The number of imidazole rings is 1. The monoisotopic (exact) mass is 329 g/mol. The molecule has 0 saturated heterocycles. The summed E-state index contributed by atoms with van der Waals surface area (Å²) in [7, 11) is 1.66. The minimum absolute atomic E-state index is 0.0223. The molecular weight excluding hydrogens is 318 g/mol. The summed E-state index contributed by atoms with van der Waals surface area (Å²) in [6.07, 6.45) is -4.64. The van der Waals surface area contributed by atoms with Crippen molar-refractivity contribution in [3.8, 4) is 0 Å². The van der Waals surface area contributed by atoms with Gasteiger partial charge in [-0.2, -0.15) is 18.2 Å². The molecule has 0 aliphatic carbocycles. The molecule has 1 N–H and O–H groups in total. The molecule has 3 rings (SSSR count). The standard InChI is InChI=1S/C13H11F4N5O/c1-22(6-11-20-12(21-23-11)13(15,16)17)5-10-18-8-3-2-7(14)4-9(8)19-10/h2-4H,5-6H2,1H3,(H,18,19). The summed E-state index contributed by atoms with van der Waals surface area (Å²) >= 11 is 0. The van der Waals surface area contributed by atoms with E-state index in [2.05, 4.69) is 24.6 Å². The van der Waals surface area contributed by atoms with Crippen LogP contribution in [0.5, 0.6) is 0 Å². The first-order valence-corrected chi connectivity index (χ1v) is 6.54. The Hall–Kier alpha value is -2.49. The number of alkyl halides is 3. The lowest BCUT2D eigenvalue weighted by Crippen LogP contribution is -2.18. The lowest BCUT2D eigenvalue weighted by Gasteiger charge is -2.11. The summed E-state index contributed by atoms with van der Waals surface area (Å²) in [6, 6.07) is 4.16. The topological polar surface area (TPSA) is 70.8 Å². The Morgan fingerprint density at radius 3 is 2.70 bits per heavy atom. The molecular formula is C13H11F4N5O. The van der Waals surface area contributed by atoms with E-state index in [9.17, 15) is 17.6 Å². The summed E-state index contributed by atoms with van der Waals surface area (Å²) in [5.74, 6) is -1.29. The van der Waals surface area contributed by atoms with Crippen molar-refractivity contribution in [2.45, 2.75) is 19.3 Å². The number of nitrogens with zero attached hydrogens (tertiary/aromatic N) is 4. The van der Waals surface area contributed by atoms with E-state index in [0.29, 0.717) is 23.4 Å². The smallest absolute Gasteiger partial charge is 0.341 e. The van der Waals surface area contributed by atoms with Gasteiger partial charge in [-0.15, -0.1) is 0 Å². The average molecular weight is 329 g/mol. The Kier molecular flexibility index (Phi) is 3.76. The normalized spacial score (nSPS) is 12.4. The van der Waals surface area contributed by atoms with Gasteiger partial charge in [-0.05, 0) is 25.2 Å². The van der Waals surface area contributed by atoms with Crippen LogP contribution in [-0.4, -0.2) is 32.1 Å². The zero-order valence-corrected chi connectivity index (χ0v) is 11.9. The predicted molar refractivity (Wildman–Crippen MR) is 70.5 cm³/mol. The minimum Gasteiger partial charge on any atom is -0.341 e. The number of nitrogens with one attached hydrogen (secondary N) is 1. The highest BCUT2D eigenvalue weighted by molar-refractivity contribution is 5.74. The Bertz CT molecular complexity index is 825. The van der Waals surface area contributed by atoms with Crippen LogP contribution >= 0.6 is 0 Å². The maximum absolute atomic E-state index is 13.1. The van der Waals surface area contributed by atoms with Crippen LogP contribution in [0.1, 0.15) is 17.5 Å². The van der Waals surface area contributed by atoms with Crippen molar-refractivity contribution < 1.29 is 22.1 Å². The molecule has 6 nitrogen and oxygen atoms in total. The largest absolute Gasteiger partial charge is 0.455 e. The number of hydrogen-bond acceptors (Lipinski definition) is 5. The Morgan fingerprint density at radius 2 is 2.00 bits per heavy atom. The fourth-order valence-corrected chi connectivity index (χ4v) is 2.09. The number of hydrogen-bond donors (Lipinski definition) is 1. The third kappa shape index (κ3) is 3.47.